The lowest BCUT2D eigenvalue weighted by Gasteiger charge is -2.10. The number of rotatable bonds is 4. The van der Waals surface area contributed by atoms with Crippen molar-refractivity contribution in [3.05, 3.63) is 34.7 Å². The van der Waals surface area contributed by atoms with Crippen molar-refractivity contribution in [3.63, 3.8) is 0 Å². The van der Waals surface area contributed by atoms with Gasteiger partial charge >= 0.3 is 5.97 Å². The molecule has 5 heteroatoms. The Balaban J connectivity index is 1.95. The van der Waals surface area contributed by atoms with Crippen LogP contribution in [0, 0.1) is 0 Å². The Morgan fingerprint density at radius 3 is 2.74 bits per heavy atom. The fourth-order valence-electron chi connectivity index (χ4n) is 1.81. The molecule has 0 bridgehead atoms. The smallest absolute Gasteiger partial charge is 0.319 e. The molecule has 1 saturated heterocycles. The van der Waals surface area contributed by atoms with Gasteiger partial charge in [-0.15, -0.1) is 11.8 Å². The van der Waals surface area contributed by atoms with Crippen molar-refractivity contribution in [3.8, 4) is 5.75 Å². The van der Waals surface area contributed by atoms with Crippen LogP contribution < -0.4 is 4.74 Å². The molecule has 1 aliphatic rings. The second-order valence-electron chi connectivity index (χ2n) is 4.22. The minimum absolute atomic E-state index is 0.189. The molecule has 1 aromatic rings. The summed E-state index contributed by atoms with van der Waals surface area (Å²) in [6.07, 6.45) is 2.14. The van der Waals surface area contributed by atoms with Crippen molar-refractivity contribution in [2.75, 3.05) is 33.2 Å². The average Bonchev–Trinajstić information content (AvgIpc) is 2.86. The summed E-state index contributed by atoms with van der Waals surface area (Å²) in [6, 6.07) is 7.93. The predicted molar refractivity (Wildman–Crippen MR) is 77.0 cm³/mol. The van der Waals surface area contributed by atoms with Crippen molar-refractivity contribution in [2.24, 2.45) is 0 Å². The fraction of sp³-hybridized carbons (Fsp3) is 0.357. The Hall–Kier alpha value is -1.46. The maximum absolute atomic E-state index is 11.2. The van der Waals surface area contributed by atoms with E-state index >= 15 is 0 Å². The van der Waals surface area contributed by atoms with E-state index in [2.05, 4.69) is 15.7 Å². The van der Waals surface area contributed by atoms with Crippen molar-refractivity contribution < 1.29 is 14.3 Å². The quantitative estimate of drug-likeness (QED) is 0.790. The Kier molecular flexibility index (Phi) is 4.87. The van der Waals surface area contributed by atoms with E-state index in [0.717, 1.165) is 23.7 Å². The van der Waals surface area contributed by atoms with Crippen molar-refractivity contribution in [1.29, 1.82) is 0 Å². The average molecular weight is 279 g/mol. The van der Waals surface area contributed by atoms with Crippen LogP contribution in [-0.2, 0) is 9.53 Å². The molecule has 0 N–H and O–H groups in total. The van der Waals surface area contributed by atoms with Gasteiger partial charge in [0.1, 0.15) is 5.75 Å². The first kappa shape index (κ1) is 14.0. The number of hydrogen-bond acceptors (Lipinski definition) is 5. The zero-order valence-corrected chi connectivity index (χ0v) is 11.9. The standard InChI is InChI=1S/C14H17NO3S/c1-17-12-5-3-11(4-6-12)7-13-8-15(10-19-13)9-14(16)18-2/h3-7H,8-10H2,1-2H3. The highest BCUT2D eigenvalue weighted by Gasteiger charge is 2.19. The minimum atomic E-state index is -0.189. The van der Waals surface area contributed by atoms with Crippen LogP contribution in [0.25, 0.3) is 6.08 Å². The Labute approximate surface area is 117 Å². The number of carbonyl (C=O) groups excluding carboxylic acids is 1. The predicted octanol–water partition coefficient (Wildman–Crippen LogP) is 2.22. The van der Waals surface area contributed by atoms with Crippen LogP contribution in [0.3, 0.4) is 0 Å². The Bertz CT molecular complexity index is 470. The van der Waals surface area contributed by atoms with Gasteiger partial charge < -0.3 is 9.47 Å². The molecule has 0 amide bonds. The largest absolute Gasteiger partial charge is 0.497 e. The van der Waals surface area contributed by atoms with Gasteiger partial charge in [0.15, 0.2) is 0 Å². The fourth-order valence-corrected chi connectivity index (χ4v) is 2.83. The molecule has 0 saturated carbocycles. The first-order valence-electron chi connectivity index (χ1n) is 5.98. The molecule has 2 rings (SSSR count). The number of esters is 1. The molecule has 19 heavy (non-hydrogen) atoms. The van der Waals surface area contributed by atoms with E-state index in [1.54, 1.807) is 18.9 Å². The highest BCUT2D eigenvalue weighted by atomic mass is 32.2. The normalized spacial score (nSPS) is 17.7. The Morgan fingerprint density at radius 2 is 2.11 bits per heavy atom. The van der Waals surface area contributed by atoms with E-state index in [9.17, 15) is 4.79 Å². The molecule has 1 aromatic carbocycles. The molecule has 0 atom stereocenters. The van der Waals surface area contributed by atoms with Gasteiger partial charge in [-0.25, -0.2) is 0 Å². The van der Waals surface area contributed by atoms with Crippen LogP contribution >= 0.6 is 11.8 Å². The lowest BCUT2D eigenvalue weighted by atomic mass is 10.2. The van der Waals surface area contributed by atoms with Crippen LogP contribution in [0.4, 0.5) is 0 Å². The second kappa shape index (κ2) is 6.63. The number of ether oxygens (including phenoxy) is 2. The summed E-state index contributed by atoms with van der Waals surface area (Å²) in [6.45, 7) is 1.15. The summed E-state index contributed by atoms with van der Waals surface area (Å²) in [5.41, 5.74) is 1.14. The summed E-state index contributed by atoms with van der Waals surface area (Å²) in [7, 11) is 3.07. The first-order valence-corrected chi connectivity index (χ1v) is 6.96. The number of benzene rings is 1. The molecule has 0 aliphatic carbocycles. The zero-order chi connectivity index (χ0) is 13.7. The molecule has 4 nitrogen and oxygen atoms in total. The topological polar surface area (TPSA) is 38.8 Å². The SMILES string of the molecule is COC(=O)CN1CSC(=Cc2ccc(OC)cc2)C1. The summed E-state index contributed by atoms with van der Waals surface area (Å²) < 4.78 is 9.79. The van der Waals surface area contributed by atoms with Crippen molar-refractivity contribution in [1.82, 2.24) is 4.90 Å². The molecule has 102 valence electrons. The van der Waals surface area contributed by atoms with Gasteiger partial charge in [0, 0.05) is 17.3 Å². The first-order chi connectivity index (χ1) is 9.21. The minimum Gasteiger partial charge on any atom is -0.497 e. The molecule has 1 heterocycles. The summed E-state index contributed by atoms with van der Waals surface area (Å²) in [5, 5.41) is 0. The van der Waals surface area contributed by atoms with Crippen LogP contribution in [0.5, 0.6) is 5.75 Å². The highest BCUT2D eigenvalue weighted by molar-refractivity contribution is 8.03. The van der Waals surface area contributed by atoms with E-state index in [-0.39, 0.29) is 5.97 Å². The maximum atomic E-state index is 11.2. The maximum Gasteiger partial charge on any atom is 0.319 e. The van der Waals surface area contributed by atoms with E-state index in [1.807, 2.05) is 24.3 Å². The summed E-state index contributed by atoms with van der Waals surface area (Å²) in [4.78, 5) is 14.5. The molecular formula is C14H17NO3S. The Morgan fingerprint density at radius 1 is 1.37 bits per heavy atom. The number of hydrogen-bond donors (Lipinski definition) is 0. The van der Waals surface area contributed by atoms with E-state index in [4.69, 9.17) is 4.74 Å². The number of carbonyl (C=O) groups is 1. The third-order valence-electron chi connectivity index (χ3n) is 2.84. The third-order valence-corrected chi connectivity index (χ3v) is 3.95. The molecule has 0 unspecified atom stereocenters. The van der Waals surface area contributed by atoms with Gasteiger partial charge in [0.25, 0.3) is 0 Å². The molecule has 0 radical (unpaired) electrons. The second-order valence-corrected chi connectivity index (χ2v) is 5.29. The number of methoxy groups -OCH3 is 2. The lowest BCUT2D eigenvalue weighted by Crippen LogP contribution is -2.27. The summed E-state index contributed by atoms with van der Waals surface area (Å²) in [5.74, 6) is 1.50. The van der Waals surface area contributed by atoms with Gasteiger partial charge in [0.05, 0.1) is 20.8 Å². The van der Waals surface area contributed by atoms with E-state index in [1.165, 1.54) is 12.0 Å². The van der Waals surface area contributed by atoms with Gasteiger partial charge in [-0.1, -0.05) is 12.1 Å². The summed E-state index contributed by atoms with van der Waals surface area (Å²) >= 11 is 1.76. The van der Waals surface area contributed by atoms with Gasteiger partial charge in [-0.2, -0.15) is 0 Å². The van der Waals surface area contributed by atoms with E-state index in [0.29, 0.717) is 6.54 Å². The van der Waals surface area contributed by atoms with Crippen molar-refractivity contribution in [2.45, 2.75) is 0 Å². The third kappa shape index (κ3) is 4.01. The van der Waals surface area contributed by atoms with E-state index < -0.39 is 0 Å². The van der Waals surface area contributed by atoms with Crippen LogP contribution in [0.1, 0.15) is 5.56 Å². The van der Waals surface area contributed by atoms with Crippen LogP contribution in [0.2, 0.25) is 0 Å². The molecule has 0 aromatic heterocycles. The number of thioether (sulfide) groups is 1. The molecule has 0 spiro atoms. The molecule has 1 aliphatic heterocycles. The molecular weight excluding hydrogens is 262 g/mol. The molecule has 1 fully saturated rings. The van der Waals surface area contributed by atoms with Crippen molar-refractivity contribution >= 4 is 23.8 Å². The van der Waals surface area contributed by atoms with Gasteiger partial charge in [-0.3, -0.25) is 9.69 Å². The zero-order valence-electron chi connectivity index (χ0n) is 11.1. The van der Waals surface area contributed by atoms with Crippen LogP contribution in [0.15, 0.2) is 29.2 Å². The highest BCUT2D eigenvalue weighted by Crippen LogP contribution is 2.28. The lowest BCUT2D eigenvalue weighted by molar-refractivity contribution is -0.141. The monoisotopic (exact) mass is 279 g/mol. The van der Waals surface area contributed by atoms with Gasteiger partial charge in [0.2, 0.25) is 0 Å². The van der Waals surface area contributed by atoms with Gasteiger partial charge in [-0.05, 0) is 23.8 Å². The number of nitrogens with zero attached hydrogens (tertiary/aromatic N) is 1. The van der Waals surface area contributed by atoms with Crippen LogP contribution in [-0.4, -0.2) is 44.1 Å².